The zero-order chi connectivity index (χ0) is 8.55. The predicted molar refractivity (Wildman–Crippen MR) is 47.1 cm³/mol. The molecule has 0 amide bonds. The van der Waals surface area contributed by atoms with Crippen LogP contribution in [-0.2, 0) is 0 Å². The van der Waals surface area contributed by atoms with Crippen molar-refractivity contribution in [2.24, 2.45) is 0 Å². The van der Waals surface area contributed by atoms with E-state index >= 15 is 0 Å². The third kappa shape index (κ3) is 1.03. The molecular weight excluding hydrogens is 152 g/mol. The van der Waals surface area contributed by atoms with Crippen LogP contribution in [0.5, 0.6) is 5.75 Å². The first-order chi connectivity index (χ1) is 5.77. The molecule has 2 rings (SSSR count). The summed E-state index contributed by atoms with van der Waals surface area (Å²) in [6, 6.07) is 3.74. The first-order valence-electron chi connectivity index (χ1n) is 3.85. The molecule has 0 spiro atoms. The largest absolute Gasteiger partial charge is 0.481 e. The van der Waals surface area contributed by atoms with Crippen molar-refractivity contribution in [1.29, 1.82) is 0 Å². The van der Waals surface area contributed by atoms with E-state index < -0.39 is 0 Å². The van der Waals surface area contributed by atoms with Gasteiger partial charge in [0.1, 0.15) is 6.10 Å². The monoisotopic (exact) mass is 162 g/mol. The van der Waals surface area contributed by atoms with Gasteiger partial charge in [-0.2, -0.15) is 0 Å². The quantitative estimate of drug-likeness (QED) is 0.631. The van der Waals surface area contributed by atoms with Gasteiger partial charge >= 0.3 is 0 Å². The number of ether oxygens (including phenoxy) is 1. The number of nitrogens with zero attached hydrogens (tertiary/aromatic N) is 1. The van der Waals surface area contributed by atoms with Gasteiger partial charge in [0.2, 0.25) is 0 Å². The molecule has 3 nitrogen and oxygen atoms in total. The summed E-state index contributed by atoms with van der Waals surface area (Å²) in [4.78, 5) is 4.11. The fourth-order valence-corrected chi connectivity index (χ4v) is 1.09. The molecule has 0 radical (unpaired) electrons. The normalized spacial score (nSPS) is 20.8. The van der Waals surface area contributed by atoms with Crippen molar-refractivity contribution >= 4 is 5.82 Å². The van der Waals surface area contributed by atoms with E-state index in [0.29, 0.717) is 0 Å². The molecule has 12 heavy (non-hydrogen) atoms. The molecule has 1 atom stereocenters. The second kappa shape index (κ2) is 2.52. The fourth-order valence-electron chi connectivity index (χ4n) is 1.09. The Bertz CT molecular complexity index is 322. The first kappa shape index (κ1) is 7.16. The van der Waals surface area contributed by atoms with Crippen LogP contribution in [0.15, 0.2) is 30.6 Å². The molecule has 3 heteroatoms. The Balaban J connectivity index is 2.40. The third-order valence-corrected chi connectivity index (χ3v) is 1.84. The van der Waals surface area contributed by atoms with Gasteiger partial charge in [-0.3, -0.25) is 0 Å². The van der Waals surface area contributed by atoms with Crippen LogP contribution < -0.4 is 10.1 Å². The molecular formula is C9H10N2O. The van der Waals surface area contributed by atoms with Gasteiger partial charge in [0.25, 0.3) is 0 Å². The number of fused-ring (bicyclic) bond motifs is 1. The molecule has 62 valence electrons. The van der Waals surface area contributed by atoms with Crippen LogP contribution in [0.3, 0.4) is 0 Å². The van der Waals surface area contributed by atoms with E-state index in [9.17, 15) is 0 Å². The predicted octanol–water partition coefficient (Wildman–Crippen LogP) is 1.79. The molecule has 0 aliphatic carbocycles. The lowest BCUT2D eigenvalue weighted by Crippen LogP contribution is -2.25. The lowest BCUT2D eigenvalue weighted by Gasteiger charge is -2.25. The van der Waals surface area contributed by atoms with E-state index in [-0.39, 0.29) is 6.10 Å². The molecule has 0 fully saturated rings. The molecule has 1 aliphatic heterocycles. The zero-order valence-electron chi connectivity index (χ0n) is 6.87. The van der Waals surface area contributed by atoms with E-state index in [1.807, 2.05) is 19.1 Å². The van der Waals surface area contributed by atoms with Crippen LogP contribution in [0.2, 0.25) is 0 Å². The SMILES string of the molecule is C=C1Nc2ncccc2OC1C. The summed E-state index contributed by atoms with van der Waals surface area (Å²) in [5, 5.41) is 3.08. The van der Waals surface area contributed by atoms with E-state index in [1.165, 1.54) is 0 Å². The molecule has 0 saturated carbocycles. The highest BCUT2D eigenvalue weighted by Crippen LogP contribution is 2.29. The highest BCUT2D eigenvalue weighted by Gasteiger charge is 2.18. The van der Waals surface area contributed by atoms with E-state index in [4.69, 9.17) is 4.74 Å². The van der Waals surface area contributed by atoms with Crippen LogP contribution in [0.4, 0.5) is 5.82 Å². The third-order valence-electron chi connectivity index (χ3n) is 1.84. The summed E-state index contributed by atoms with van der Waals surface area (Å²) >= 11 is 0. The van der Waals surface area contributed by atoms with Crippen molar-refractivity contribution < 1.29 is 4.74 Å². The van der Waals surface area contributed by atoms with Crippen molar-refractivity contribution in [3.8, 4) is 5.75 Å². The van der Waals surface area contributed by atoms with Crippen LogP contribution in [0.1, 0.15) is 6.92 Å². The van der Waals surface area contributed by atoms with Crippen LogP contribution >= 0.6 is 0 Å². The Kier molecular flexibility index (Phi) is 1.50. The Labute approximate surface area is 71.1 Å². The van der Waals surface area contributed by atoms with Gasteiger partial charge in [-0.15, -0.1) is 0 Å². The first-order valence-corrected chi connectivity index (χ1v) is 3.85. The van der Waals surface area contributed by atoms with Crippen molar-refractivity contribution in [3.63, 3.8) is 0 Å². The van der Waals surface area contributed by atoms with Crippen molar-refractivity contribution in [2.45, 2.75) is 13.0 Å². The summed E-state index contributed by atoms with van der Waals surface area (Å²) < 4.78 is 5.52. The number of anilines is 1. The minimum atomic E-state index is 0.0155. The number of pyridine rings is 1. The molecule has 0 bridgehead atoms. The lowest BCUT2D eigenvalue weighted by molar-refractivity contribution is 0.251. The van der Waals surface area contributed by atoms with Crippen molar-refractivity contribution in [1.82, 2.24) is 4.98 Å². The standard InChI is InChI=1S/C9H10N2O/c1-6-7(2)12-8-4-3-5-10-9(8)11-6/h3-5,7H,1H2,2H3,(H,10,11). The van der Waals surface area contributed by atoms with Crippen molar-refractivity contribution in [3.05, 3.63) is 30.6 Å². The van der Waals surface area contributed by atoms with Gasteiger partial charge in [-0.25, -0.2) is 4.98 Å². The number of nitrogens with one attached hydrogen (secondary N) is 1. The number of hydrogen-bond donors (Lipinski definition) is 1. The molecule has 0 saturated heterocycles. The van der Waals surface area contributed by atoms with Gasteiger partial charge < -0.3 is 10.1 Å². The molecule has 1 aromatic heterocycles. The Morgan fingerprint density at radius 2 is 2.50 bits per heavy atom. The molecule has 1 N–H and O–H groups in total. The highest BCUT2D eigenvalue weighted by atomic mass is 16.5. The minimum Gasteiger partial charge on any atom is -0.481 e. The highest BCUT2D eigenvalue weighted by molar-refractivity contribution is 5.56. The molecule has 2 heterocycles. The summed E-state index contributed by atoms with van der Waals surface area (Å²) in [5.41, 5.74) is 0.848. The number of aromatic nitrogens is 1. The minimum absolute atomic E-state index is 0.0155. The molecule has 1 unspecified atom stereocenters. The van der Waals surface area contributed by atoms with Gasteiger partial charge in [0.05, 0.1) is 5.70 Å². The summed E-state index contributed by atoms with van der Waals surface area (Å²) in [5.74, 6) is 1.54. The number of hydrogen-bond acceptors (Lipinski definition) is 3. The van der Waals surface area contributed by atoms with Crippen LogP contribution in [0.25, 0.3) is 0 Å². The maximum atomic E-state index is 5.52. The topological polar surface area (TPSA) is 34.2 Å². The van der Waals surface area contributed by atoms with E-state index in [1.54, 1.807) is 6.20 Å². The van der Waals surface area contributed by atoms with Gasteiger partial charge in [-0.1, -0.05) is 6.58 Å². The fraction of sp³-hybridized carbons (Fsp3) is 0.222. The molecule has 0 aromatic carbocycles. The maximum absolute atomic E-state index is 5.52. The van der Waals surface area contributed by atoms with Gasteiger partial charge in [-0.05, 0) is 19.1 Å². The number of rotatable bonds is 0. The average molecular weight is 162 g/mol. The second-order valence-corrected chi connectivity index (χ2v) is 2.76. The second-order valence-electron chi connectivity index (χ2n) is 2.76. The molecule has 1 aliphatic rings. The van der Waals surface area contributed by atoms with Crippen LogP contribution in [-0.4, -0.2) is 11.1 Å². The summed E-state index contributed by atoms with van der Waals surface area (Å²) in [6.45, 7) is 5.77. The Morgan fingerprint density at radius 1 is 1.67 bits per heavy atom. The Morgan fingerprint density at radius 3 is 3.33 bits per heavy atom. The van der Waals surface area contributed by atoms with Gasteiger partial charge in [0.15, 0.2) is 11.6 Å². The van der Waals surface area contributed by atoms with E-state index in [0.717, 1.165) is 17.3 Å². The van der Waals surface area contributed by atoms with Gasteiger partial charge in [0, 0.05) is 6.20 Å². The summed E-state index contributed by atoms with van der Waals surface area (Å²) in [6.07, 6.45) is 1.74. The smallest absolute Gasteiger partial charge is 0.173 e. The summed E-state index contributed by atoms with van der Waals surface area (Å²) in [7, 11) is 0. The molecule has 1 aromatic rings. The lowest BCUT2D eigenvalue weighted by atomic mass is 10.2. The zero-order valence-corrected chi connectivity index (χ0v) is 6.87. The average Bonchev–Trinajstić information content (AvgIpc) is 2.07. The van der Waals surface area contributed by atoms with E-state index in [2.05, 4.69) is 16.9 Å². The Hall–Kier alpha value is -1.51. The van der Waals surface area contributed by atoms with Crippen molar-refractivity contribution in [2.75, 3.05) is 5.32 Å². The maximum Gasteiger partial charge on any atom is 0.173 e. The van der Waals surface area contributed by atoms with Crippen LogP contribution in [0, 0.1) is 0 Å².